The molecular formula is C27H20RaRbY2-2. The van der Waals surface area contributed by atoms with Crippen LogP contribution in [0.3, 0.4) is 0 Å². The van der Waals surface area contributed by atoms with Crippen molar-refractivity contribution in [3.63, 3.8) is 0 Å². The molecule has 0 bridgehead atoms. The van der Waals surface area contributed by atoms with E-state index in [1.54, 1.807) is 0 Å². The summed E-state index contributed by atoms with van der Waals surface area (Å²) in [5.74, 6) is 0.425. The Bertz CT molecular complexity index is 1110. The van der Waals surface area contributed by atoms with E-state index in [0.29, 0.717) is 5.92 Å². The van der Waals surface area contributed by atoms with Gasteiger partial charge in [0.05, 0.1) is 0 Å². The first-order chi connectivity index (χ1) is 13.3. The van der Waals surface area contributed by atoms with E-state index in [2.05, 4.69) is 79.7 Å². The molecule has 5 rings (SSSR count). The molecule has 1 atom stereocenters. The quantitative estimate of drug-likeness (QED) is 0.213. The van der Waals surface area contributed by atoms with Crippen LogP contribution in [0.25, 0.3) is 22.3 Å². The van der Waals surface area contributed by atoms with Gasteiger partial charge in [0.1, 0.15) is 0 Å². The average Bonchev–Trinajstić information content (AvgIpc) is 3.01. The summed E-state index contributed by atoms with van der Waals surface area (Å²) >= 11 is 0. The first kappa shape index (κ1) is 31.4. The molecular weight excluding hydrogens is 814 g/mol. The van der Waals surface area contributed by atoms with E-state index in [9.17, 15) is 0 Å². The smallest absolute Gasteiger partial charge is 0.00736 e. The number of fused-ring (bicyclic) bond motifs is 3. The molecule has 0 saturated heterocycles. The van der Waals surface area contributed by atoms with E-state index in [4.69, 9.17) is 0 Å². The van der Waals surface area contributed by atoms with Gasteiger partial charge in [-0.25, -0.2) is 0 Å². The second kappa shape index (κ2) is 14.8. The number of rotatable bonds is 3. The molecule has 139 valence electrons. The summed E-state index contributed by atoms with van der Waals surface area (Å²) in [7, 11) is 0. The maximum atomic E-state index is 3.10. The van der Waals surface area contributed by atoms with Gasteiger partial charge in [0.15, 0.2) is 0 Å². The Morgan fingerprint density at radius 1 is 0.645 bits per heavy atom. The third-order valence-corrected chi connectivity index (χ3v) is 5.64. The fourth-order valence-electron chi connectivity index (χ4n) is 4.19. The molecule has 0 spiro atoms. The molecule has 4 aromatic rings. The second-order valence-corrected chi connectivity index (χ2v) is 7.32. The summed E-state index contributed by atoms with van der Waals surface area (Å²) in [5.41, 5.74) is 10.9. The van der Waals surface area contributed by atoms with Gasteiger partial charge in [-0.05, 0) is 39.8 Å². The van der Waals surface area contributed by atoms with Crippen molar-refractivity contribution in [2.75, 3.05) is 0 Å². The van der Waals surface area contributed by atoms with Crippen LogP contribution in [-0.2, 0) is 71.8 Å². The number of hydrogen-bond donors (Lipinski definition) is 0. The van der Waals surface area contributed by atoms with Crippen molar-refractivity contribution < 1.29 is 110 Å². The van der Waals surface area contributed by atoms with Gasteiger partial charge in [-0.2, -0.15) is 66.2 Å². The van der Waals surface area contributed by atoms with Crippen LogP contribution in [0.2, 0.25) is 0 Å². The van der Waals surface area contributed by atoms with Gasteiger partial charge >= 0.3 is 0 Å². The van der Waals surface area contributed by atoms with E-state index in [0.717, 1.165) is 6.42 Å². The largest absolute Gasteiger partial charge is 0.184 e. The molecule has 0 aromatic heterocycles. The third kappa shape index (κ3) is 7.20. The van der Waals surface area contributed by atoms with E-state index in [-0.39, 0.29) is 169 Å². The van der Waals surface area contributed by atoms with E-state index in [1.807, 2.05) is 24.3 Å². The van der Waals surface area contributed by atoms with Crippen LogP contribution in [-0.4, -0.2) is 58.2 Å². The van der Waals surface area contributed by atoms with Gasteiger partial charge in [0, 0.05) is 175 Å². The molecule has 1 aliphatic carbocycles. The summed E-state index contributed by atoms with van der Waals surface area (Å²) in [6.45, 7) is 2.33. The van der Waals surface area contributed by atoms with Crippen molar-refractivity contribution in [2.45, 2.75) is 19.3 Å². The topological polar surface area (TPSA) is 0 Å². The molecule has 4 heteroatoms. The maximum Gasteiger partial charge on any atom is 0.00736 e. The van der Waals surface area contributed by atoms with Crippen molar-refractivity contribution in [3.05, 3.63) is 119 Å². The molecule has 0 nitrogen and oxygen atoms in total. The average molecular weight is 834 g/mol. The molecule has 0 saturated carbocycles. The summed E-state index contributed by atoms with van der Waals surface area (Å²) in [4.78, 5) is 0. The minimum Gasteiger partial charge on any atom is -0.184 e. The van der Waals surface area contributed by atoms with Gasteiger partial charge < -0.3 is 0 Å². The van der Waals surface area contributed by atoms with Crippen molar-refractivity contribution in [2.24, 2.45) is 0 Å². The molecule has 0 fully saturated rings. The summed E-state index contributed by atoms with van der Waals surface area (Å²) in [6, 6.07) is 36.6. The molecule has 1 unspecified atom stereocenters. The summed E-state index contributed by atoms with van der Waals surface area (Å²) < 4.78 is 0. The Morgan fingerprint density at radius 3 is 1.84 bits per heavy atom. The van der Waals surface area contributed by atoms with Crippen molar-refractivity contribution in [3.8, 4) is 22.3 Å². The van der Waals surface area contributed by atoms with Gasteiger partial charge in [-0.15, -0.1) is 5.56 Å². The Hall–Kier alpha value is 2.36. The van der Waals surface area contributed by atoms with Crippen LogP contribution in [0.4, 0.5) is 0 Å². The second-order valence-electron chi connectivity index (χ2n) is 7.32. The fourth-order valence-corrected chi connectivity index (χ4v) is 4.19. The summed E-state index contributed by atoms with van der Waals surface area (Å²) in [6.07, 6.45) is 0.969. The number of hydrogen-bond acceptors (Lipinski definition) is 0. The maximum absolute atomic E-state index is 3.10. The minimum atomic E-state index is 0. The van der Waals surface area contributed by atoms with E-state index < -0.39 is 0 Å². The normalized spacial score (nSPS) is 12.7. The molecule has 0 amide bonds. The first-order valence-corrected chi connectivity index (χ1v) is 9.48. The molecule has 4 aromatic carbocycles. The Morgan fingerprint density at radius 2 is 1.19 bits per heavy atom. The van der Waals surface area contributed by atoms with Crippen molar-refractivity contribution in [1.82, 2.24) is 0 Å². The van der Waals surface area contributed by atoms with Crippen molar-refractivity contribution >= 4 is 58.2 Å². The van der Waals surface area contributed by atoms with Gasteiger partial charge in [-0.1, -0.05) is 43.3 Å². The zero-order chi connectivity index (χ0) is 18.2. The third-order valence-electron chi connectivity index (χ3n) is 5.64. The summed E-state index contributed by atoms with van der Waals surface area (Å²) in [5, 5.41) is 0. The zero-order valence-corrected chi connectivity index (χ0v) is 34.6. The van der Waals surface area contributed by atoms with Crippen LogP contribution >= 0.6 is 0 Å². The predicted molar refractivity (Wildman–Crippen MR) is 118 cm³/mol. The van der Waals surface area contributed by atoms with Gasteiger partial charge in [-0.3, -0.25) is 0 Å². The Balaban J connectivity index is 0.00000120. The van der Waals surface area contributed by atoms with Gasteiger partial charge in [0.2, 0.25) is 0 Å². The Labute approximate surface area is 322 Å². The van der Waals surface area contributed by atoms with Crippen LogP contribution < -0.4 is 0 Å². The molecule has 0 aliphatic heterocycles. The molecule has 31 heavy (non-hydrogen) atoms. The fraction of sp³-hybridized carbons (Fsp3) is 0.111. The molecule has 0 N–H and O–H groups in total. The molecule has 1 aliphatic rings. The van der Waals surface area contributed by atoms with Crippen LogP contribution in [0, 0.1) is 57.1 Å². The SMILES string of the molecule is CC1c2cc(Cc3cc[c-]cc3)ccc2-c2ccc(-c3cc[c-]cc3)cc21.[Ra].[Rb].[Y].[Y]. The monoisotopic (exact) mass is 833 g/mol. The van der Waals surface area contributed by atoms with Gasteiger partial charge in [0.25, 0.3) is 0 Å². The van der Waals surface area contributed by atoms with Crippen LogP contribution in [0.5, 0.6) is 0 Å². The Kier molecular flexibility index (Phi) is 15.0. The molecule has 0 heterocycles. The number of benzene rings is 4. The minimum absolute atomic E-state index is 0. The van der Waals surface area contributed by atoms with E-state index in [1.165, 1.54) is 44.5 Å². The van der Waals surface area contributed by atoms with Crippen molar-refractivity contribution in [1.29, 1.82) is 0 Å². The first-order valence-electron chi connectivity index (χ1n) is 9.48. The van der Waals surface area contributed by atoms with Crippen LogP contribution in [0.15, 0.2) is 84.9 Å². The predicted octanol–water partition coefficient (Wildman–Crippen LogP) is 6.29. The standard InChI is InChI=1S/C27H20.Ra.Rb.2Y/c1-19-26-17-21(16-20-8-4-2-5-9-20)12-14-24(26)25-15-13-23(18-27(19)25)22-10-6-3-7-11-22;;;;/h4-15,17-19H,16H2,1H3;;;;/q-2;;;;. The van der Waals surface area contributed by atoms with Crippen LogP contribution in [0.1, 0.15) is 35.1 Å². The molecule has 5 radical (unpaired) electrons. The van der Waals surface area contributed by atoms with E-state index >= 15 is 0 Å². The zero-order valence-electron chi connectivity index (χ0n) is 18.2.